The molecule has 4 amide bonds. The summed E-state index contributed by atoms with van der Waals surface area (Å²) < 4.78 is 6.24. The molecule has 6 aliphatic rings. The lowest BCUT2D eigenvalue weighted by atomic mass is 9.82. The summed E-state index contributed by atoms with van der Waals surface area (Å²) in [7, 11) is 0. The number of hydrogen-bond acceptors (Lipinski definition) is 9. The van der Waals surface area contributed by atoms with Crippen LogP contribution in [0.3, 0.4) is 0 Å². The van der Waals surface area contributed by atoms with Gasteiger partial charge in [-0.15, -0.1) is 0 Å². The van der Waals surface area contributed by atoms with E-state index in [0.717, 1.165) is 136 Å². The number of rotatable bonds is 9. The van der Waals surface area contributed by atoms with Crippen LogP contribution in [-0.4, -0.2) is 106 Å². The van der Waals surface area contributed by atoms with E-state index < -0.39 is 6.04 Å². The van der Waals surface area contributed by atoms with Crippen LogP contribution in [0.25, 0.3) is 22.2 Å². The lowest BCUT2D eigenvalue weighted by Gasteiger charge is -2.39. The Bertz CT molecular complexity index is 2280. The average molecular weight is 799 g/mol. The summed E-state index contributed by atoms with van der Waals surface area (Å²) in [5.74, 6) is 2.47. The monoisotopic (exact) mass is 798 g/mol. The summed E-state index contributed by atoms with van der Waals surface area (Å²) in [6.07, 6.45) is 12.4. The van der Waals surface area contributed by atoms with Crippen molar-refractivity contribution >= 4 is 46.0 Å². The lowest BCUT2D eigenvalue weighted by molar-refractivity contribution is -0.137. The Morgan fingerprint density at radius 2 is 1.54 bits per heavy atom. The van der Waals surface area contributed by atoms with Crippen LogP contribution >= 0.6 is 0 Å². The van der Waals surface area contributed by atoms with Crippen molar-refractivity contribution in [3.63, 3.8) is 0 Å². The highest BCUT2D eigenvalue weighted by Gasteiger charge is 2.44. The normalized spacial score (nSPS) is 22.9. The second-order valence-electron chi connectivity index (χ2n) is 18.1. The minimum absolute atomic E-state index is 0.0452. The topological polar surface area (TPSA) is 144 Å². The van der Waals surface area contributed by atoms with Crippen LogP contribution in [0.2, 0.25) is 0 Å². The molecule has 308 valence electrons. The maximum absolute atomic E-state index is 13.7. The fourth-order valence-electron chi connectivity index (χ4n) is 10.2. The summed E-state index contributed by atoms with van der Waals surface area (Å²) in [4.78, 5) is 65.4. The van der Waals surface area contributed by atoms with Crippen molar-refractivity contribution in [3.8, 4) is 17.0 Å². The molecule has 5 aliphatic heterocycles. The molecular formula is C46H54N8O5. The van der Waals surface area contributed by atoms with E-state index >= 15 is 0 Å². The van der Waals surface area contributed by atoms with Crippen LogP contribution in [0, 0.1) is 17.8 Å². The van der Waals surface area contributed by atoms with Crippen LogP contribution in [0.15, 0.2) is 54.7 Å². The highest BCUT2D eigenvalue weighted by molar-refractivity contribution is 6.23. The summed E-state index contributed by atoms with van der Waals surface area (Å²) in [5.41, 5.74) is 4.60. The molecule has 1 saturated carbocycles. The number of amides is 4. The Kier molecular flexibility index (Phi) is 9.79. The SMILES string of the molecule is CC1(Oc2ccc3[nH]nc(-c4ccnc(N5CCC(C(=O)N6CCC(CC7CCN(c8ccc9c(c8)C(=O)N(C8CCCNC8=O)C9=O)CC7)CC6)CC5)c4)c3c2)CC1. The first-order valence-corrected chi connectivity index (χ1v) is 21.9. The molecule has 1 unspecified atom stereocenters. The molecule has 13 heteroatoms. The van der Waals surface area contributed by atoms with E-state index in [4.69, 9.17) is 9.72 Å². The molecule has 4 aromatic rings. The van der Waals surface area contributed by atoms with Crippen LogP contribution in [0.4, 0.5) is 11.5 Å². The van der Waals surface area contributed by atoms with Crippen LogP contribution < -0.4 is 19.9 Å². The summed E-state index contributed by atoms with van der Waals surface area (Å²) >= 11 is 0. The molecule has 13 nitrogen and oxygen atoms in total. The Labute approximate surface area is 344 Å². The Morgan fingerprint density at radius 1 is 0.814 bits per heavy atom. The number of H-pyrrole nitrogens is 1. The number of imide groups is 1. The van der Waals surface area contributed by atoms with Gasteiger partial charge in [-0.1, -0.05) is 0 Å². The van der Waals surface area contributed by atoms with Crippen molar-refractivity contribution in [2.45, 2.75) is 89.2 Å². The standard InChI is InChI=1S/C46H54N8O5/c1-46(15-16-46)59-34-5-7-38-37(28-34)41(50-49-38)32-8-18-47-40(26-32)52-23-13-31(14-24-52)43(56)53-21-11-30(12-22-53)25-29-9-19-51(20-10-29)33-4-6-35-36(27-33)45(58)54(44(35)57)39-3-2-17-48-42(39)55/h4-8,18,26-31,39H,2-3,9-17,19-25H2,1H3,(H,48,55)(H,49,50). The molecule has 0 radical (unpaired) electrons. The van der Waals surface area contributed by atoms with Gasteiger partial charge in [-0.25, -0.2) is 4.98 Å². The highest BCUT2D eigenvalue weighted by Crippen LogP contribution is 2.41. The number of anilines is 2. The molecule has 10 rings (SSSR count). The lowest BCUT2D eigenvalue weighted by Crippen LogP contribution is -2.52. The van der Waals surface area contributed by atoms with Crippen molar-refractivity contribution in [2.75, 3.05) is 55.6 Å². The molecule has 59 heavy (non-hydrogen) atoms. The number of hydrogen-bond donors (Lipinski definition) is 2. The Balaban J connectivity index is 0.680. The van der Waals surface area contributed by atoms with Crippen molar-refractivity contribution in [2.24, 2.45) is 17.8 Å². The number of aromatic nitrogens is 3. The quantitative estimate of drug-likeness (QED) is 0.190. The number of carbonyl (C=O) groups is 4. The summed E-state index contributed by atoms with van der Waals surface area (Å²) in [6.45, 7) is 7.85. The smallest absolute Gasteiger partial charge is 0.262 e. The van der Waals surface area contributed by atoms with E-state index in [-0.39, 0.29) is 29.2 Å². The highest BCUT2D eigenvalue weighted by atomic mass is 16.5. The molecule has 2 N–H and O–H groups in total. The number of piperidine rings is 4. The van der Waals surface area contributed by atoms with Crippen molar-refractivity contribution in [1.29, 1.82) is 0 Å². The van der Waals surface area contributed by atoms with Gasteiger partial charge in [0.15, 0.2) is 0 Å². The zero-order valence-electron chi connectivity index (χ0n) is 34.0. The van der Waals surface area contributed by atoms with Gasteiger partial charge < -0.3 is 24.8 Å². The predicted octanol–water partition coefficient (Wildman–Crippen LogP) is 6.19. The number of carbonyl (C=O) groups excluding carboxylic acids is 4. The predicted molar refractivity (Wildman–Crippen MR) is 224 cm³/mol. The third-order valence-electron chi connectivity index (χ3n) is 14.1. The second-order valence-corrected chi connectivity index (χ2v) is 18.1. The van der Waals surface area contributed by atoms with Gasteiger partial charge in [-0.05, 0) is 138 Å². The first-order chi connectivity index (χ1) is 28.7. The molecule has 0 bridgehead atoms. The summed E-state index contributed by atoms with van der Waals surface area (Å²) in [6, 6.07) is 15.1. The molecular weight excluding hydrogens is 745 g/mol. The number of nitrogens with one attached hydrogen (secondary N) is 2. The number of likely N-dealkylation sites (tertiary alicyclic amines) is 1. The number of benzene rings is 2. The van der Waals surface area contributed by atoms with E-state index in [0.29, 0.717) is 41.8 Å². The van der Waals surface area contributed by atoms with E-state index in [9.17, 15) is 19.2 Å². The van der Waals surface area contributed by atoms with E-state index in [1.165, 1.54) is 11.3 Å². The van der Waals surface area contributed by atoms with E-state index in [2.05, 4.69) is 49.3 Å². The maximum atomic E-state index is 13.7. The third-order valence-corrected chi connectivity index (χ3v) is 14.1. The van der Waals surface area contributed by atoms with Gasteiger partial charge in [0, 0.05) is 74.6 Å². The first kappa shape index (κ1) is 37.8. The third kappa shape index (κ3) is 7.41. The zero-order valence-corrected chi connectivity index (χ0v) is 34.0. The molecule has 0 spiro atoms. The van der Waals surface area contributed by atoms with Gasteiger partial charge in [0.2, 0.25) is 11.8 Å². The molecule has 5 fully saturated rings. The number of ether oxygens (including phenoxy) is 1. The minimum atomic E-state index is -0.729. The van der Waals surface area contributed by atoms with E-state index in [1.54, 1.807) is 6.07 Å². The largest absolute Gasteiger partial charge is 0.488 e. The van der Waals surface area contributed by atoms with Gasteiger partial charge in [0.05, 0.1) is 16.6 Å². The molecule has 1 atom stereocenters. The van der Waals surface area contributed by atoms with Gasteiger partial charge in [-0.3, -0.25) is 29.2 Å². The van der Waals surface area contributed by atoms with Crippen molar-refractivity contribution in [1.82, 2.24) is 30.3 Å². The molecule has 1 aliphatic carbocycles. The minimum Gasteiger partial charge on any atom is -0.488 e. The van der Waals surface area contributed by atoms with Gasteiger partial charge in [0.1, 0.15) is 28.9 Å². The zero-order chi connectivity index (χ0) is 40.3. The van der Waals surface area contributed by atoms with Crippen LogP contribution in [0.1, 0.15) is 98.3 Å². The fourth-order valence-corrected chi connectivity index (χ4v) is 10.2. The van der Waals surface area contributed by atoms with Gasteiger partial charge in [0.25, 0.3) is 11.8 Å². The van der Waals surface area contributed by atoms with E-state index in [1.807, 2.05) is 36.5 Å². The summed E-state index contributed by atoms with van der Waals surface area (Å²) in [5, 5.41) is 11.7. The average Bonchev–Trinajstić information content (AvgIpc) is 3.75. The van der Waals surface area contributed by atoms with Gasteiger partial charge >= 0.3 is 0 Å². The van der Waals surface area contributed by atoms with Crippen molar-refractivity contribution in [3.05, 3.63) is 65.9 Å². The molecule has 2 aromatic carbocycles. The number of nitrogens with zero attached hydrogens (tertiary/aromatic N) is 6. The van der Waals surface area contributed by atoms with Gasteiger partial charge in [-0.2, -0.15) is 5.10 Å². The second kappa shape index (κ2) is 15.3. The van der Waals surface area contributed by atoms with Crippen LogP contribution in [0.5, 0.6) is 5.75 Å². The molecule has 4 saturated heterocycles. The number of aromatic amines is 1. The Hall–Kier alpha value is -5.46. The molecule has 2 aromatic heterocycles. The Morgan fingerprint density at radius 3 is 2.29 bits per heavy atom. The maximum Gasteiger partial charge on any atom is 0.262 e. The molecule has 7 heterocycles. The first-order valence-electron chi connectivity index (χ1n) is 21.9. The number of fused-ring (bicyclic) bond motifs is 2. The van der Waals surface area contributed by atoms with Crippen molar-refractivity contribution < 1.29 is 23.9 Å². The number of pyridine rings is 1. The fraction of sp³-hybridized carbons (Fsp3) is 0.522. The van der Waals surface area contributed by atoms with Crippen LogP contribution in [-0.2, 0) is 9.59 Å².